The highest BCUT2D eigenvalue weighted by Gasteiger charge is 2.21. The van der Waals surface area contributed by atoms with Gasteiger partial charge in [0.15, 0.2) is 0 Å². The third-order valence-electron chi connectivity index (χ3n) is 2.37. The third-order valence-corrected chi connectivity index (χ3v) is 2.37. The summed E-state index contributed by atoms with van der Waals surface area (Å²) in [5.41, 5.74) is 4.46. The standard InChI is InChI=1S/C10H12N4O5/c1-2-7(10(16)17)13-9-6(8(11)15)3-5(4-12-9)14(18)19/h3-4,7H,2H2,1H3,(H2,11,15)(H,12,13)(H,16,17). The minimum atomic E-state index is -1.13. The fourth-order valence-electron chi connectivity index (χ4n) is 1.36. The van der Waals surface area contributed by atoms with Crippen molar-refractivity contribution in [2.75, 3.05) is 5.32 Å². The van der Waals surface area contributed by atoms with Crippen LogP contribution in [0.4, 0.5) is 11.5 Å². The number of carbonyl (C=O) groups is 2. The number of anilines is 1. The second kappa shape index (κ2) is 5.76. The number of rotatable bonds is 6. The van der Waals surface area contributed by atoms with E-state index in [-0.39, 0.29) is 17.8 Å². The molecule has 102 valence electrons. The summed E-state index contributed by atoms with van der Waals surface area (Å²) in [5.74, 6) is -2.15. The Morgan fingerprint density at radius 1 is 1.63 bits per heavy atom. The van der Waals surface area contributed by atoms with Gasteiger partial charge < -0.3 is 16.2 Å². The topological polar surface area (TPSA) is 148 Å². The van der Waals surface area contributed by atoms with Gasteiger partial charge in [0.2, 0.25) is 0 Å². The largest absolute Gasteiger partial charge is 0.480 e. The maximum Gasteiger partial charge on any atom is 0.326 e. The molecule has 0 fully saturated rings. The molecule has 1 aromatic rings. The van der Waals surface area contributed by atoms with Gasteiger partial charge >= 0.3 is 5.97 Å². The molecular formula is C10H12N4O5. The van der Waals surface area contributed by atoms with Crippen LogP contribution in [0.15, 0.2) is 12.3 Å². The van der Waals surface area contributed by atoms with E-state index in [9.17, 15) is 19.7 Å². The molecule has 0 saturated carbocycles. The summed E-state index contributed by atoms with van der Waals surface area (Å²) in [6, 6.07) is -0.0151. The molecular weight excluding hydrogens is 256 g/mol. The lowest BCUT2D eigenvalue weighted by atomic mass is 10.2. The van der Waals surface area contributed by atoms with E-state index in [4.69, 9.17) is 10.8 Å². The molecule has 1 amide bonds. The number of carboxylic acid groups (broad SMARTS) is 1. The number of carbonyl (C=O) groups excluding carboxylic acids is 1. The zero-order chi connectivity index (χ0) is 14.6. The molecule has 0 aliphatic heterocycles. The molecule has 1 unspecified atom stereocenters. The number of nitrogens with one attached hydrogen (secondary N) is 1. The number of hydrogen-bond acceptors (Lipinski definition) is 6. The van der Waals surface area contributed by atoms with Crippen LogP contribution in [0.5, 0.6) is 0 Å². The SMILES string of the molecule is CCC(Nc1ncc([N+](=O)[O-])cc1C(N)=O)C(=O)O. The van der Waals surface area contributed by atoms with Gasteiger partial charge in [-0.05, 0) is 6.42 Å². The first-order valence-electron chi connectivity index (χ1n) is 5.30. The summed E-state index contributed by atoms with van der Waals surface area (Å²) >= 11 is 0. The van der Waals surface area contributed by atoms with Crippen molar-refractivity contribution in [3.63, 3.8) is 0 Å². The summed E-state index contributed by atoms with van der Waals surface area (Å²) in [6.45, 7) is 1.63. The number of aliphatic carboxylic acids is 1. The molecule has 0 saturated heterocycles. The number of carboxylic acids is 1. The van der Waals surface area contributed by atoms with E-state index in [0.717, 1.165) is 12.3 Å². The lowest BCUT2D eigenvalue weighted by Gasteiger charge is -2.14. The predicted octanol–water partition coefficient (Wildman–Crippen LogP) is 0.364. The predicted molar refractivity (Wildman–Crippen MR) is 64.7 cm³/mol. The average Bonchev–Trinajstić information content (AvgIpc) is 2.35. The van der Waals surface area contributed by atoms with Crippen molar-refractivity contribution < 1.29 is 19.6 Å². The number of hydrogen-bond donors (Lipinski definition) is 3. The minimum absolute atomic E-state index is 0.0904. The average molecular weight is 268 g/mol. The molecule has 0 aliphatic rings. The van der Waals surface area contributed by atoms with Crippen LogP contribution in [0.2, 0.25) is 0 Å². The molecule has 4 N–H and O–H groups in total. The van der Waals surface area contributed by atoms with Crippen LogP contribution in [0, 0.1) is 10.1 Å². The van der Waals surface area contributed by atoms with Gasteiger partial charge in [-0.1, -0.05) is 6.92 Å². The molecule has 0 aliphatic carbocycles. The molecule has 1 aromatic heterocycles. The first-order chi connectivity index (χ1) is 8.86. The van der Waals surface area contributed by atoms with Crippen LogP contribution in [-0.4, -0.2) is 32.9 Å². The van der Waals surface area contributed by atoms with Crippen molar-refractivity contribution in [2.45, 2.75) is 19.4 Å². The van der Waals surface area contributed by atoms with Gasteiger partial charge in [0, 0.05) is 6.07 Å². The fraction of sp³-hybridized carbons (Fsp3) is 0.300. The number of pyridine rings is 1. The molecule has 0 spiro atoms. The lowest BCUT2D eigenvalue weighted by molar-refractivity contribution is -0.385. The fourth-order valence-corrected chi connectivity index (χ4v) is 1.36. The summed E-state index contributed by atoms with van der Waals surface area (Å²) in [6.07, 6.45) is 1.16. The van der Waals surface area contributed by atoms with E-state index >= 15 is 0 Å². The van der Waals surface area contributed by atoms with E-state index in [1.165, 1.54) is 0 Å². The van der Waals surface area contributed by atoms with E-state index in [2.05, 4.69) is 10.3 Å². The highest BCUT2D eigenvalue weighted by atomic mass is 16.6. The summed E-state index contributed by atoms with van der Waals surface area (Å²) in [7, 11) is 0. The highest BCUT2D eigenvalue weighted by molar-refractivity contribution is 5.98. The third kappa shape index (κ3) is 3.37. The van der Waals surface area contributed by atoms with Gasteiger partial charge in [-0.25, -0.2) is 9.78 Å². The van der Waals surface area contributed by atoms with Crippen molar-refractivity contribution in [1.82, 2.24) is 4.98 Å². The zero-order valence-corrected chi connectivity index (χ0v) is 9.99. The van der Waals surface area contributed by atoms with Gasteiger partial charge in [0.1, 0.15) is 18.1 Å². The molecule has 19 heavy (non-hydrogen) atoms. The van der Waals surface area contributed by atoms with Crippen molar-refractivity contribution in [3.05, 3.63) is 27.9 Å². The molecule has 1 rings (SSSR count). The molecule has 0 bridgehead atoms. The van der Waals surface area contributed by atoms with Crippen LogP contribution in [0.25, 0.3) is 0 Å². The molecule has 9 nitrogen and oxygen atoms in total. The summed E-state index contributed by atoms with van der Waals surface area (Å²) in [5, 5.41) is 22.0. The van der Waals surface area contributed by atoms with Gasteiger partial charge in [-0.15, -0.1) is 0 Å². The van der Waals surface area contributed by atoms with Crippen LogP contribution in [-0.2, 0) is 4.79 Å². The summed E-state index contributed by atoms with van der Waals surface area (Å²) < 4.78 is 0. The zero-order valence-electron chi connectivity index (χ0n) is 9.99. The Kier molecular flexibility index (Phi) is 4.35. The van der Waals surface area contributed by atoms with Gasteiger partial charge in [-0.2, -0.15) is 0 Å². The van der Waals surface area contributed by atoms with Crippen molar-refractivity contribution in [2.24, 2.45) is 5.73 Å². The maximum atomic E-state index is 11.2. The van der Waals surface area contributed by atoms with Crippen molar-refractivity contribution in [1.29, 1.82) is 0 Å². The minimum Gasteiger partial charge on any atom is -0.480 e. The van der Waals surface area contributed by atoms with Gasteiger partial charge in [-0.3, -0.25) is 14.9 Å². The molecule has 1 atom stereocenters. The van der Waals surface area contributed by atoms with Crippen LogP contribution >= 0.6 is 0 Å². The highest BCUT2D eigenvalue weighted by Crippen LogP contribution is 2.19. The summed E-state index contributed by atoms with van der Waals surface area (Å²) in [4.78, 5) is 35.6. The van der Waals surface area contributed by atoms with Gasteiger partial charge in [0.25, 0.3) is 11.6 Å². The number of nitrogens with two attached hydrogens (primary N) is 1. The Labute approximate surface area is 107 Å². The number of amides is 1. The quantitative estimate of drug-likeness (QED) is 0.498. The monoisotopic (exact) mass is 268 g/mol. The smallest absolute Gasteiger partial charge is 0.326 e. The van der Waals surface area contributed by atoms with E-state index in [1.54, 1.807) is 6.92 Å². The van der Waals surface area contributed by atoms with Crippen molar-refractivity contribution in [3.8, 4) is 0 Å². The Morgan fingerprint density at radius 3 is 2.68 bits per heavy atom. The Balaban J connectivity index is 3.16. The number of nitro groups is 1. The normalized spacial score (nSPS) is 11.6. The maximum absolute atomic E-state index is 11.2. The van der Waals surface area contributed by atoms with E-state index in [0.29, 0.717) is 0 Å². The van der Waals surface area contributed by atoms with Crippen molar-refractivity contribution >= 4 is 23.4 Å². The van der Waals surface area contributed by atoms with Crippen LogP contribution in [0.3, 0.4) is 0 Å². The molecule has 1 heterocycles. The second-order valence-electron chi connectivity index (χ2n) is 3.65. The number of primary amides is 1. The van der Waals surface area contributed by atoms with Crippen LogP contribution < -0.4 is 11.1 Å². The molecule has 0 radical (unpaired) electrons. The number of nitrogens with zero attached hydrogens (tertiary/aromatic N) is 2. The number of aromatic nitrogens is 1. The first-order valence-corrected chi connectivity index (χ1v) is 5.30. The Morgan fingerprint density at radius 2 is 2.26 bits per heavy atom. The Bertz CT molecular complexity index is 531. The Hall–Kier alpha value is -2.71. The lowest BCUT2D eigenvalue weighted by Crippen LogP contribution is -2.30. The van der Waals surface area contributed by atoms with Gasteiger partial charge in [0.05, 0.1) is 10.5 Å². The molecule has 0 aromatic carbocycles. The van der Waals surface area contributed by atoms with E-state index in [1.807, 2.05) is 0 Å². The second-order valence-corrected chi connectivity index (χ2v) is 3.65. The first kappa shape index (κ1) is 14.4. The van der Waals surface area contributed by atoms with Crippen LogP contribution in [0.1, 0.15) is 23.7 Å². The molecule has 9 heteroatoms. The van der Waals surface area contributed by atoms with E-state index < -0.39 is 28.5 Å².